The fourth-order valence-corrected chi connectivity index (χ4v) is 3.36. The molecule has 104 valence electrons. The predicted molar refractivity (Wildman–Crippen MR) is 83.2 cm³/mol. The van der Waals surface area contributed by atoms with Gasteiger partial charge >= 0.3 is 6.03 Å². The molecule has 0 aliphatic carbocycles. The fraction of sp³-hybridized carbons (Fsp3) is 0.312. The molecule has 3 rings (SSSR count). The summed E-state index contributed by atoms with van der Waals surface area (Å²) >= 11 is 1.69. The first-order valence-electron chi connectivity index (χ1n) is 6.90. The number of thiophene rings is 1. The summed E-state index contributed by atoms with van der Waals surface area (Å²) in [6.45, 7) is 2.87. The van der Waals surface area contributed by atoms with Crippen molar-refractivity contribution < 1.29 is 4.79 Å². The molecule has 0 bridgehead atoms. The van der Waals surface area contributed by atoms with E-state index in [1.54, 1.807) is 11.3 Å². The average Bonchev–Trinajstić information content (AvgIpc) is 3.11. The molecule has 1 aliphatic rings. The standard InChI is InChI=1S/C16H18N2OS/c1-12-4-6-14(7-5-12)17-16(19)18-9-2-3-15(18)13-8-10-20-11-13/h4-8,10-11,15H,2-3,9H2,1H3,(H,17,19)/t15-/m1/s1. The van der Waals surface area contributed by atoms with Gasteiger partial charge in [-0.3, -0.25) is 0 Å². The first-order chi connectivity index (χ1) is 9.74. The van der Waals surface area contributed by atoms with Gasteiger partial charge in [0.1, 0.15) is 0 Å². The summed E-state index contributed by atoms with van der Waals surface area (Å²) < 4.78 is 0. The van der Waals surface area contributed by atoms with Gasteiger partial charge in [-0.05, 0) is 54.3 Å². The molecular formula is C16H18N2OS. The van der Waals surface area contributed by atoms with Gasteiger partial charge in [-0.15, -0.1) is 0 Å². The van der Waals surface area contributed by atoms with Crippen LogP contribution in [-0.2, 0) is 0 Å². The third-order valence-electron chi connectivity index (χ3n) is 3.74. The van der Waals surface area contributed by atoms with E-state index in [2.05, 4.69) is 22.1 Å². The van der Waals surface area contributed by atoms with Gasteiger partial charge in [0.2, 0.25) is 0 Å². The molecule has 0 saturated carbocycles. The maximum absolute atomic E-state index is 12.4. The van der Waals surface area contributed by atoms with Crippen LogP contribution in [0.25, 0.3) is 0 Å². The quantitative estimate of drug-likeness (QED) is 0.870. The zero-order valence-electron chi connectivity index (χ0n) is 11.5. The van der Waals surface area contributed by atoms with Crippen molar-refractivity contribution in [1.82, 2.24) is 4.90 Å². The van der Waals surface area contributed by atoms with E-state index in [-0.39, 0.29) is 12.1 Å². The molecule has 3 nitrogen and oxygen atoms in total. The Morgan fingerprint density at radius 2 is 2.10 bits per heavy atom. The molecule has 0 spiro atoms. The zero-order valence-corrected chi connectivity index (χ0v) is 12.3. The Kier molecular flexibility index (Phi) is 3.74. The van der Waals surface area contributed by atoms with Crippen LogP contribution in [0.5, 0.6) is 0 Å². The van der Waals surface area contributed by atoms with Crippen LogP contribution in [0.4, 0.5) is 10.5 Å². The van der Waals surface area contributed by atoms with Crippen LogP contribution in [0.2, 0.25) is 0 Å². The van der Waals surface area contributed by atoms with E-state index in [1.807, 2.05) is 36.1 Å². The van der Waals surface area contributed by atoms with Gasteiger partial charge in [0.25, 0.3) is 0 Å². The lowest BCUT2D eigenvalue weighted by Gasteiger charge is -2.24. The highest BCUT2D eigenvalue weighted by Crippen LogP contribution is 2.33. The summed E-state index contributed by atoms with van der Waals surface area (Å²) in [6, 6.07) is 10.3. The average molecular weight is 286 g/mol. The third kappa shape index (κ3) is 2.70. The Bertz CT molecular complexity index is 577. The predicted octanol–water partition coefficient (Wildman–Crippen LogP) is 4.43. The molecule has 1 aliphatic heterocycles. The number of hydrogen-bond acceptors (Lipinski definition) is 2. The molecule has 1 aromatic heterocycles. The molecule has 20 heavy (non-hydrogen) atoms. The second-order valence-electron chi connectivity index (χ2n) is 5.20. The summed E-state index contributed by atoms with van der Waals surface area (Å²) in [5, 5.41) is 7.21. The number of urea groups is 1. The number of carbonyl (C=O) groups excluding carboxylic acids is 1. The van der Waals surface area contributed by atoms with Gasteiger partial charge < -0.3 is 10.2 Å². The second-order valence-corrected chi connectivity index (χ2v) is 5.98. The van der Waals surface area contributed by atoms with Gasteiger partial charge in [0.15, 0.2) is 0 Å². The lowest BCUT2D eigenvalue weighted by molar-refractivity contribution is 0.207. The summed E-state index contributed by atoms with van der Waals surface area (Å²) in [5.74, 6) is 0. The minimum atomic E-state index is 0.00236. The van der Waals surface area contributed by atoms with Gasteiger partial charge in [0, 0.05) is 12.2 Å². The van der Waals surface area contributed by atoms with E-state index >= 15 is 0 Å². The minimum absolute atomic E-state index is 0.00236. The summed E-state index contributed by atoms with van der Waals surface area (Å²) in [5.41, 5.74) is 3.31. The van der Waals surface area contributed by atoms with Gasteiger partial charge in [-0.1, -0.05) is 17.7 Å². The lowest BCUT2D eigenvalue weighted by Crippen LogP contribution is -2.34. The summed E-state index contributed by atoms with van der Waals surface area (Å²) in [6.07, 6.45) is 2.12. The van der Waals surface area contributed by atoms with E-state index < -0.39 is 0 Å². The van der Waals surface area contributed by atoms with Crippen molar-refractivity contribution in [3.05, 3.63) is 52.2 Å². The van der Waals surface area contributed by atoms with Gasteiger partial charge in [-0.2, -0.15) is 11.3 Å². The number of nitrogens with zero attached hydrogens (tertiary/aromatic N) is 1. The first-order valence-corrected chi connectivity index (χ1v) is 7.85. The normalized spacial score (nSPS) is 18.2. The number of anilines is 1. The number of likely N-dealkylation sites (tertiary alicyclic amines) is 1. The molecule has 2 heterocycles. The van der Waals surface area contributed by atoms with Gasteiger partial charge in [-0.25, -0.2) is 4.79 Å². The maximum atomic E-state index is 12.4. The number of hydrogen-bond donors (Lipinski definition) is 1. The molecule has 2 amide bonds. The highest BCUT2D eigenvalue weighted by Gasteiger charge is 2.30. The number of rotatable bonds is 2. The van der Waals surface area contributed by atoms with Crippen molar-refractivity contribution >= 4 is 23.1 Å². The Morgan fingerprint density at radius 3 is 2.80 bits per heavy atom. The first kappa shape index (κ1) is 13.2. The SMILES string of the molecule is Cc1ccc(NC(=O)N2CCC[C@@H]2c2ccsc2)cc1. The van der Waals surface area contributed by atoms with E-state index in [9.17, 15) is 4.79 Å². The van der Waals surface area contributed by atoms with Crippen LogP contribution in [0.3, 0.4) is 0 Å². The van der Waals surface area contributed by atoms with Crippen molar-refractivity contribution in [2.24, 2.45) is 0 Å². The highest BCUT2D eigenvalue weighted by atomic mass is 32.1. The molecule has 4 heteroatoms. The van der Waals surface area contributed by atoms with Crippen molar-refractivity contribution in [2.75, 3.05) is 11.9 Å². The van der Waals surface area contributed by atoms with E-state index in [0.29, 0.717) is 0 Å². The van der Waals surface area contributed by atoms with E-state index in [0.717, 1.165) is 25.1 Å². The van der Waals surface area contributed by atoms with Crippen LogP contribution in [0, 0.1) is 6.92 Å². The number of benzene rings is 1. The third-order valence-corrected chi connectivity index (χ3v) is 4.45. The van der Waals surface area contributed by atoms with Crippen molar-refractivity contribution in [3.8, 4) is 0 Å². The number of aryl methyl sites for hydroxylation is 1. The Hall–Kier alpha value is -1.81. The van der Waals surface area contributed by atoms with Crippen LogP contribution in [-0.4, -0.2) is 17.5 Å². The molecule has 1 atom stereocenters. The summed E-state index contributed by atoms with van der Waals surface area (Å²) in [4.78, 5) is 14.4. The summed E-state index contributed by atoms with van der Waals surface area (Å²) in [7, 11) is 0. The van der Waals surface area contributed by atoms with Crippen LogP contribution < -0.4 is 5.32 Å². The molecule has 1 fully saturated rings. The molecule has 0 unspecified atom stereocenters. The van der Waals surface area contributed by atoms with Crippen molar-refractivity contribution in [3.63, 3.8) is 0 Å². The van der Waals surface area contributed by atoms with Crippen molar-refractivity contribution in [1.29, 1.82) is 0 Å². The lowest BCUT2D eigenvalue weighted by atomic mass is 10.1. The van der Waals surface area contributed by atoms with E-state index in [1.165, 1.54) is 11.1 Å². The molecule has 1 saturated heterocycles. The van der Waals surface area contributed by atoms with Gasteiger partial charge in [0.05, 0.1) is 6.04 Å². The smallest absolute Gasteiger partial charge is 0.317 e. The largest absolute Gasteiger partial charge is 0.322 e. The highest BCUT2D eigenvalue weighted by molar-refractivity contribution is 7.07. The van der Waals surface area contributed by atoms with E-state index in [4.69, 9.17) is 0 Å². The molecule has 0 radical (unpaired) electrons. The molecular weight excluding hydrogens is 268 g/mol. The molecule has 1 N–H and O–H groups in total. The number of carbonyl (C=O) groups is 1. The van der Waals surface area contributed by atoms with Crippen LogP contribution in [0.1, 0.15) is 30.0 Å². The van der Waals surface area contributed by atoms with Crippen LogP contribution >= 0.6 is 11.3 Å². The maximum Gasteiger partial charge on any atom is 0.322 e. The molecule has 2 aromatic rings. The van der Waals surface area contributed by atoms with Crippen molar-refractivity contribution in [2.45, 2.75) is 25.8 Å². The topological polar surface area (TPSA) is 32.3 Å². The minimum Gasteiger partial charge on any atom is -0.317 e. The Balaban J connectivity index is 1.71. The Labute approximate surface area is 123 Å². The number of nitrogens with one attached hydrogen (secondary N) is 1. The fourth-order valence-electron chi connectivity index (χ4n) is 2.65. The second kappa shape index (κ2) is 5.67. The Morgan fingerprint density at radius 1 is 1.30 bits per heavy atom. The van der Waals surface area contributed by atoms with Crippen LogP contribution in [0.15, 0.2) is 41.1 Å². The molecule has 1 aromatic carbocycles. The monoisotopic (exact) mass is 286 g/mol. The number of amides is 2. The zero-order chi connectivity index (χ0) is 13.9.